The second kappa shape index (κ2) is 8.89. The van der Waals surface area contributed by atoms with Crippen molar-refractivity contribution in [2.24, 2.45) is 5.92 Å². The molecule has 0 spiro atoms. The van der Waals surface area contributed by atoms with E-state index in [2.05, 4.69) is 15.4 Å². The number of ether oxygens (including phenoxy) is 1. The monoisotopic (exact) mass is 438 g/mol. The molecule has 0 aliphatic heterocycles. The summed E-state index contributed by atoms with van der Waals surface area (Å²) in [6.45, 7) is 3.36. The summed E-state index contributed by atoms with van der Waals surface area (Å²) in [4.78, 5) is 29.3. The topological polar surface area (TPSA) is 86.1 Å². The van der Waals surface area contributed by atoms with E-state index >= 15 is 0 Å². The minimum absolute atomic E-state index is 0.0543. The van der Waals surface area contributed by atoms with Crippen LogP contribution in [0.4, 0.5) is 0 Å². The summed E-state index contributed by atoms with van der Waals surface area (Å²) in [5.74, 6) is -0.258. The van der Waals surface area contributed by atoms with Crippen LogP contribution >= 0.6 is 11.6 Å². The molecule has 7 nitrogen and oxygen atoms in total. The zero-order valence-corrected chi connectivity index (χ0v) is 18.1. The Bertz CT molecular complexity index is 1110. The highest BCUT2D eigenvalue weighted by atomic mass is 35.5. The van der Waals surface area contributed by atoms with Crippen LogP contribution in [0.1, 0.15) is 46.3 Å². The highest BCUT2D eigenvalue weighted by Crippen LogP contribution is 2.40. The lowest BCUT2D eigenvalue weighted by molar-refractivity contribution is -0.125. The van der Waals surface area contributed by atoms with Gasteiger partial charge in [-0.3, -0.25) is 4.79 Å². The molecule has 1 fully saturated rings. The molecule has 0 bridgehead atoms. The van der Waals surface area contributed by atoms with Gasteiger partial charge in [-0.15, -0.1) is 0 Å². The van der Waals surface area contributed by atoms with Crippen molar-refractivity contribution in [2.45, 2.75) is 32.7 Å². The molecule has 2 heterocycles. The largest absolute Gasteiger partial charge is 0.451 e. The molecule has 8 heteroatoms. The Labute approximate surface area is 185 Å². The standard InChI is InChI=1S/C23H23ClN4O3/c1-14-12-15(2)28(27-14)19-11-10-18(24)22(25-19)23(30)31-13-20(29)26-21(17-8-9-17)16-6-4-3-5-7-16/h3-7,10-12,17,21H,8-9,13H2,1-2H3,(H,26,29). The first kappa shape index (κ1) is 21.1. The number of pyridine rings is 1. The smallest absolute Gasteiger partial charge is 0.359 e. The zero-order valence-electron chi connectivity index (χ0n) is 17.3. The fourth-order valence-corrected chi connectivity index (χ4v) is 3.71. The maximum absolute atomic E-state index is 12.6. The van der Waals surface area contributed by atoms with Crippen molar-refractivity contribution >= 4 is 23.5 Å². The van der Waals surface area contributed by atoms with E-state index in [4.69, 9.17) is 16.3 Å². The molecule has 2 aromatic heterocycles. The maximum Gasteiger partial charge on any atom is 0.359 e. The van der Waals surface area contributed by atoms with Gasteiger partial charge in [0.2, 0.25) is 0 Å². The molecule has 1 aliphatic rings. The van der Waals surface area contributed by atoms with Gasteiger partial charge in [-0.1, -0.05) is 41.9 Å². The van der Waals surface area contributed by atoms with E-state index in [1.165, 1.54) is 0 Å². The Balaban J connectivity index is 1.42. The van der Waals surface area contributed by atoms with E-state index in [1.54, 1.807) is 16.8 Å². The van der Waals surface area contributed by atoms with Crippen LogP contribution in [0.3, 0.4) is 0 Å². The number of carbonyl (C=O) groups is 2. The van der Waals surface area contributed by atoms with Crippen molar-refractivity contribution in [2.75, 3.05) is 6.61 Å². The molecule has 1 atom stereocenters. The molecule has 1 saturated carbocycles. The van der Waals surface area contributed by atoms with E-state index in [0.29, 0.717) is 11.7 Å². The van der Waals surface area contributed by atoms with Gasteiger partial charge >= 0.3 is 5.97 Å². The average molecular weight is 439 g/mol. The van der Waals surface area contributed by atoms with E-state index < -0.39 is 12.6 Å². The number of amides is 1. The molecule has 1 N–H and O–H groups in total. The summed E-state index contributed by atoms with van der Waals surface area (Å²) in [6, 6.07) is 14.9. The van der Waals surface area contributed by atoms with Gasteiger partial charge in [-0.2, -0.15) is 5.10 Å². The molecular formula is C23H23ClN4O3. The summed E-state index contributed by atoms with van der Waals surface area (Å²) >= 11 is 6.16. The van der Waals surface area contributed by atoms with Crippen molar-refractivity contribution in [3.05, 3.63) is 76.2 Å². The second-order valence-corrected chi connectivity index (χ2v) is 8.12. The van der Waals surface area contributed by atoms with Crippen LogP contribution in [0.5, 0.6) is 0 Å². The Kier molecular flexibility index (Phi) is 6.04. The van der Waals surface area contributed by atoms with Crippen molar-refractivity contribution < 1.29 is 14.3 Å². The number of nitrogens with one attached hydrogen (secondary N) is 1. The third-order valence-corrected chi connectivity index (χ3v) is 5.46. The van der Waals surface area contributed by atoms with Crippen LogP contribution in [0, 0.1) is 19.8 Å². The molecule has 1 aromatic carbocycles. The summed E-state index contributed by atoms with van der Waals surface area (Å²) < 4.78 is 6.83. The first-order valence-corrected chi connectivity index (χ1v) is 10.5. The SMILES string of the molecule is Cc1cc(C)n(-c2ccc(Cl)c(C(=O)OCC(=O)NC(c3ccccc3)C3CC3)n2)n1. The van der Waals surface area contributed by atoms with Crippen LogP contribution in [0.25, 0.3) is 5.82 Å². The van der Waals surface area contributed by atoms with Crippen molar-refractivity contribution in [3.63, 3.8) is 0 Å². The zero-order chi connectivity index (χ0) is 22.0. The number of halogens is 1. The normalized spacial score (nSPS) is 14.2. The van der Waals surface area contributed by atoms with E-state index in [-0.39, 0.29) is 22.7 Å². The number of aromatic nitrogens is 3. The first-order valence-electron chi connectivity index (χ1n) is 10.1. The number of esters is 1. The summed E-state index contributed by atoms with van der Waals surface area (Å²) in [5.41, 5.74) is 2.70. The fraction of sp³-hybridized carbons (Fsp3) is 0.304. The van der Waals surface area contributed by atoms with Crippen molar-refractivity contribution in [3.8, 4) is 5.82 Å². The summed E-state index contributed by atoms with van der Waals surface area (Å²) in [6.07, 6.45) is 2.14. The van der Waals surface area contributed by atoms with Crippen LogP contribution in [-0.2, 0) is 9.53 Å². The van der Waals surface area contributed by atoms with Crippen LogP contribution < -0.4 is 5.32 Å². The number of nitrogens with zero attached hydrogens (tertiary/aromatic N) is 3. The lowest BCUT2D eigenvalue weighted by Gasteiger charge is -2.18. The molecule has 0 saturated heterocycles. The number of hydrogen-bond acceptors (Lipinski definition) is 5. The third-order valence-electron chi connectivity index (χ3n) is 5.15. The predicted octanol–water partition coefficient (Wildman–Crippen LogP) is 3.96. The van der Waals surface area contributed by atoms with Gasteiger partial charge in [0.25, 0.3) is 5.91 Å². The number of carbonyl (C=O) groups excluding carboxylic acids is 2. The van der Waals surface area contributed by atoms with Gasteiger partial charge in [-0.05, 0) is 56.4 Å². The molecular weight excluding hydrogens is 416 g/mol. The quantitative estimate of drug-likeness (QED) is 0.564. The third kappa shape index (κ3) is 4.94. The van der Waals surface area contributed by atoms with E-state index in [9.17, 15) is 9.59 Å². The van der Waals surface area contributed by atoms with Crippen molar-refractivity contribution in [1.82, 2.24) is 20.1 Å². The Morgan fingerprint density at radius 1 is 1.19 bits per heavy atom. The number of rotatable bonds is 7. The van der Waals surface area contributed by atoms with Gasteiger partial charge < -0.3 is 10.1 Å². The molecule has 0 radical (unpaired) electrons. The number of hydrogen-bond donors (Lipinski definition) is 1. The fourth-order valence-electron chi connectivity index (χ4n) is 3.53. The lowest BCUT2D eigenvalue weighted by Crippen LogP contribution is -2.33. The van der Waals surface area contributed by atoms with Crippen LogP contribution in [-0.4, -0.2) is 33.2 Å². The second-order valence-electron chi connectivity index (χ2n) is 7.71. The highest BCUT2D eigenvalue weighted by molar-refractivity contribution is 6.33. The van der Waals surface area contributed by atoms with Gasteiger partial charge in [0.05, 0.1) is 16.8 Å². The van der Waals surface area contributed by atoms with Gasteiger partial charge in [0.1, 0.15) is 0 Å². The lowest BCUT2D eigenvalue weighted by atomic mass is 10.0. The number of aryl methyl sites for hydroxylation is 2. The Hall–Kier alpha value is -3.19. The highest BCUT2D eigenvalue weighted by Gasteiger charge is 2.33. The summed E-state index contributed by atoms with van der Waals surface area (Å²) in [7, 11) is 0. The van der Waals surface area contributed by atoms with E-state index in [0.717, 1.165) is 29.8 Å². The van der Waals surface area contributed by atoms with Crippen molar-refractivity contribution in [1.29, 1.82) is 0 Å². The molecule has 4 rings (SSSR count). The molecule has 1 aliphatic carbocycles. The summed E-state index contributed by atoms with van der Waals surface area (Å²) in [5, 5.41) is 7.49. The van der Waals surface area contributed by atoms with E-state index in [1.807, 2.05) is 50.2 Å². The first-order chi connectivity index (χ1) is 14.9. The average Bonchev–Trinajstić information content (AvgIpc) is 3.55. The molecule has 1 unspecified atom stereocenters. The Morgan fingerprint density at radius 3 is 2.58 bits per heavy atom. The minimum atomic E-state index is -0.758. The van der Waals surface area contributed by atoms with Gasteiger partial charge in [-0.25, -0.2) is 14.5 Å². The maximum atomic E-state index is 12.6. The molecule has 1 amide bonds. The van der Waals surface area contributed by atoms with Gasteiger partial charge in [0, 0.05) is 5.69 Å². The van der Waals surface area contributed by atoms with Crippen LogP contribution in [0.2, 0.25) is 5.02 Å². The molecule has 160 valence electrons. The molecule has 3 aromatic rings. The minimum Gasteiger partial charge on any atom is -0.451 e. The van der Waals surface area contributed by atoms with Crippen LogP contribution in [0.15, 0.2) is 48.5 Å². The molecule has 31 heavy (non-hydrogen) atoms. The predicted molar refractivity (Wildman–Crippen MR) is 116 cm³/mol. The van der Waals surface area contributed by atoms with Gasteiger partial charge in [0.15, 0.2) is 18.1 Å². The number of benzene rings is 1. The Morgan fingerprint density at radius 2 is 1.94 bits per heavy atom.